The van der Waals surface area contributed by atoms with Crippen molar-refractivity contribution in [1.82, 2.24) is 9.97 Å². The van der Waals surface area contributed by atoms with Crippen molar-refractivity contribution in [1.29, 1.82) is 0 Å². The van der Waals surface area contributed by atoms with Gasteiger partial charge in [-0.05, 0) is 12.0 Å². The first kappa shape index (κ1) is 14.7. The number of nitrogens with one attached hydrogen (secondary N) is 1. The summed E-state index contributed by atoms with van der Waals surface area (Å²) in [4.78, 5) is 7.08. The van der Waals surface area contributed by atoms with Gasteiger partial charge in [-0.15, -0.1) is 0 Å². The van der Waals surface area contributed by atoms with Gasteiger partial charge in [0.1, 0.15) is 5.69 Å². The number of halogens is 3. The Balaban J connectivity index is 2.39. The molecule has 0 atom stereocenters. The van der Waals surface area contributed by atoms with E-state index in [-0.39, 0.29) is 5.95 Å². The molecule has 1 aromatic heterocycles. The van der Waals surface area contributed by atoms with Crippen molar-refractivity contribution in [3.05, 3.63) is 18.0 Å². The molecule has 0 aliphatic rings. The van der Waals surface area contributed by atoms with Gasteiger partial charge in [-0.1, -0.05) is 13.8 Å². The van der Waals surface area contributed by atoms with E-state index in [2.05, 4.69) is 15.3 Å². The van der Waals surface area contributed by atoms with Crippen molar-refractivity contribution in [3.8, 4) is 0 Å². The summed E-state index contributed by atoms with van der Waals surface area (Å²) in [5, 5.41) is 2.68. The number of alkyl halides is 3. The smallest absolute Gasteiger partial charge is 0.379 e. The minimum absolute atomic E-state index is 0.0435. The Hall–Kier alpha value is -1.37. The molecule has 0 spiro atoms. The van der Waals surface area contributed by atoms with E-state index < -0.39 is 11.9 Å². The zero-order valence-corrected chi connectivity index (χ0v) is 10.3. The van der Waals surface area contributed by atoms with Gasteiger partial charge in [0.25, 0.3) is 0 Å². The Morgan fingerprint density at radius 3 is 2.72 bits per heavy atom. The molecule has 0 fully saturated rings. The first-order valence-corrected chi connectivity index (χ1v) is 5.61. The molecule has 4 nitrogen and oxygen atoms in total. The van der Waals surface area contributed by atoms with Gasteiger partial charge < -0.3 is 10.1 Å². The molecule has 0 bridgehead atoms. The van der Waals surface area contributed by atoms with Gasteiger partial charge in [0.15, 0.2) is 0 Å². The van der Waals surface area contributed by atoms with Crippen LogP contribution in [0.5, 0.6) is 0 Å². The summed E-state index contributed by atoms with van der Waals surface area (Å²) in [6.07, 6.45) is -3.37. The average Bonchev–Trinajstić information content (AvgIpc) is 2.27. The zero-order chi connectivity index (χ0) is 13.6. The van der Waals surface area contributed by atoms with Crippen molar-refractivity contribution in [3.63, 3.8) is 0 Å². The second-order valence-corrected chi connectivity index (χ2v) is 4.16. The molecule has 18 heavy (non-hydrogen) atoms. The largest absolute Gasteiger partial charge is 0.433 e. The first-order valence-electron chi connectivity index (χ1n) is 5.61. The van der Waals surface area contributed by atoms with Crippen molar-refractivity contribution in [2.45, 2.75) is 20.0 Å². The molecule has 0 aliphatic carbocycles. The summed E-state index contributed by atoms with van der Waals surface area (Å²) in [5.41, 5.74) is -0.955. The molecule has 0 saturated heterocycles. The van der Waals surface area contributed by atoms with Gasteiger partial charge in [0.05, 0.1) is 6.61 Å². The molecule has 0 aromatic carbocycles. The summed E-state index contributed by atoms with van der Waals surface area (Å²) in [6, 6.07) is 0.834. The molecule has 7 heteroatoms. The lowest BCUT2D eigenvalue weighted by Crippen LogP contribution is -2.15. The third-order valence-electron chi connectivity index (χ3n) is 1.93. The molecule has 1 N–H and O–H groups in total. The average molecular weight is 263 g/mol. The molecule has 1 aromatic rings. The van der Waals surface area contributed by atoms with Gasteiger partial charge in [-0.2, -0.15) is 13.2 Å². The summed E-state index contributed by atoms with van der Waals surface area (Å²) >= 11 is 0. The van der Waals surface area contributed by atoms with E-state index in [1.165, 1.54) is 0 Å². The zero-order valence-electron chi connectivity index (χ0n) is 10.3. The van der Waals surface area contributed by atoms with Crippen LogP contribution < -0.4 is 5.32 Å². The predicted octanol–water partition coefficient (Wildman–Crippen LogP) is 2.58. The number of aromatic nitrogens is 2. The normalized spacial score (nSPS) is 11.9. The van der Waals surface area contributed by atoms with Crippen LogP contribution in [0.15, 0.2) is 12.3 Å². The topological polar surface area (TPSA) is 47.0 Å². The number of nitrogens with zero attached hydrogens (tertiary/aromatic N) is 2. The van der Waals surface area contributed by atoms with E-state index in [0.717, 1.165) is 12.3 Å². The highest BCUT2D eigenvalue weighted by Gasteiger charge is 2.32. The van der Waals surface area contributed by atoms with Crippen LogP contribution in [0.2, 0.25) is 0 Å². The van der Waals surface area contributed by atoms with Gasteiger partial charge in [-0.3, -0.25) is 0 Å². The van der Waals surface area contributed by atoms with E-state index in [0.29, 0.717) is 25.7 Å². The van der Waals surface area contributed by atoms with Crippen LogP contribution in [0.3, 0.4) is 0 Å². The lowest BCUT2D eigenvalue weighted by atomic mass is 10.2. The van der Waals surface area contributed by atoms with Gasteiger partial charge >= 0.3 is 6.18 Å². The van der Waals surface area contributed by atoms with Gasteiger partial charge in [0.2, 0.25) is 5.95 Å². The Labute approximate surface area is 104 Å². The van der Waals surface area contributed by atoms with Crippen molar-refractivity contribution in [2.75, 3.05) is 25.1 Å². The molecule has 0 aliphatic heterocycles. The second-order valence-electron chi connectivity index (χ2n) is 4.16. The predicted molar refractivity (Wildman–Crippen MR) is 61.2 cm³/mol. The van der Waals surface area contributed by atoms with Crippen molar-refractivity contribution < 1.29 is 17.9 Å². The minimum Gasteiger partial charge on any atom is -0.379 e. The number of rotatable bonds is 6. The lowest BCUT2D eigenvalue weighted by molar-refractivity contribution is -0.141. The van der Waals surface area contributed by atoms with E-state index in [4.69, 9.17) is 4.74 Å². The summed E-state index contributed by atoms with van der Waals surface area (Å²) in [5.74, 6) is 0.382. The number of hydrogen-bond donors (Lipinski definition) is 1. The summed E-state index contributed by atoms with van der Waals surface area (Å²) < 4.78 is 42.3. The highest BCUT2D eigenvalue weighted by molar-refractivity contribution is 5.25. The fraction of sp³-hybridized carbons (Fsp3) is 0.636. The van der Waals surface area contributed by atoms with E-state index in [9.17, 15) is 13.2 Å². The van der Waals surface area contributed by atoms with E-state index in [1.54, 1.807) is 0 Å². The highest BCUT2D eigenvalue weighted by Crippen LogP contribution is 2.27. The van der Waals surface area contributed by atoms with E-state index in [1.807, 2.05) is 13.8 Å². The molecule has 0 amide bonds. The number of ether oxygens (including phenoxy) is 1. The number of anilines is 1. The van der Waals surface area contributed by atoms with Crippen LogP contribution in [0, 0.1) is 5.92 Å². The molecule has 102 valence electrons. The lowest BCUT2D eigenvalue weighted by Gasteiger charge is -2.09. The maximum atomic E-state index is 12.4. The van der Waals surface area contributed by atoms with Crippen molar-refractivity contribution >= 4 is 5.95 Å². The third kappa shape index (κ3) is 5.31. The van der Waals surface area contributed by atoms with Crippen LogP contribution in [0.25, 0.3) is 0 Å². The standard InChI is InChI=1S/C11H16F3N3O/c1-8(2)7-18-6-5-16-10-15-4-3-9(17-10)11(12,13)14/h3-4,8H,5-7H2,1-2H3,(H,15,16,17). The van der Waals surface area contributed by atoms with Crippen LogP contribution in [-0.4, -0.2) is 29.7 Å². The summed E-state index contributed by atoms with van der Waals surface area (Å²) in [6.45, 7) is 5.42. The molecular formula is C11H16F3N3O. The molecule has 0 radical (unpaired) electrons. The van der Waals surface area contributed by atoms with Crippen LogP contribution in [0.1, 0.15) is 19.5 Å². The quantitative estimate of drug-likeness (QED) is 0.801. The Bertz CT molecular complexity index is 369. The van der Waals surface area contributed by atoms with Crippen LogP contribution in [0.4, 0.5) is 19.1 Å². The fourth-order valence-corrected chi connectivity index (χ4v) is 1.16. The van der Waals surface area contributed by atoms with Gasteiger partial charge in [-0.25, -0.2) is 9.97 Å². The third-order valence-corrected chi connectivity index (χ3v) is 1.93. The van der Waals surface area contributed by atoms with Gasteiger partial charge in [0, 0.05) is 19.3 Å². The number of hydrogen-bond acceptors (Lipinski definition) is 4. The molecule has 0 saturated carbocycles. The first-order chi connectivity index (χ1) is 8.39. The van der Waals surface area contributed by atoms with Crippen molar-refractivity contribution in [2.24, 2.45) is 5.92 Å². The second kappa shape index (κ2) is 6.53. The molecule has 1 heterocycles. The molecule has 0 unspecified atom stereocenters. The molecular weight excluding hydrogens is 247 g/mol. The Morgan fingerprint density at radius 2 is 2.11 bits per heavy atom. The maximum Gasteiger partial charge on any atom is 0.433 e. The Morgan fingerprint density at radius 1 is 1.39 bits per heavy atom. The monoisotopic (exact) mass is 263 g/mol. The minimum atomic E-state index is -4.45. The SMILES string of the molecule is CC(C)COCCNc1nccc(C(F)(F)F)n1. The summed E-state index contributed by atoms with van der Waals surface area (Å²) in [7, 11) is 0. The fourth-order valence-electron chi connectivity index (χ4n) is 1.16. The van der Waals surface area contributed by atoms with Crippen LogP contribution in [-0.2, 0) is 10.9 Å². The Kier molecular flexibility index (Phi) is 5.33. The molecule has 1 rings (SSSR count). The highest BCUT2D eigenvalue weighted by atomic mass is 19.4. The maximum absolute atomic E-state index is 12.4. The van der Waals surface area contributed by atoms with Crippen LogP contribution >= 0.6 is 0 Å². The van der Waals surface area contributed by atoms with E-state index >= 15 is 0 Å².